The smallest absolute Gasteiger partial charge is 0.122 e. The van der Waals surface area contributed by atoms with Gasteiger partial charge in [0.1, 0.15) is 5.75 Å². The van der Waals surface area contributed by atoms with Gasteiger partial charge in [-0.1, -0.05) is 19.1 Å². The first-order valence-electron chi connectivity index (χ1n) is 7.81. The van der Waals surface area contributed by atoms with Crippen molar-refractivity contribution in [3.63, 3.8) is 0 Å². The Morgan fingerprint density at radius 3 is 2.85 bits per heavy atom. The Morgan fingerprint density at radius 2 is 2.15 bits per heavy atom. The van der Waals surface area contributed by atoms with Gasteiger partial charge in [0.25, 0.3) is 0 Å². The molecule has 0 bridgehead atoms. The van der Waals surface area contributed by atoms with Gasteiger partial charge >= 0.3 is 0 Å². The van der Waals surface area contributed by atoms with Crippen LogP contribution >= 0.6 is 0 Å². The molecule has 0 radical (unpaired) electrons. The highest BCUT2D eigenvalue weighted by atomic mass is 16.5. The van der Waals surface area contributed by atoms with Gasteiger partial charge < -0.3 is 15.0 Å². The van der Waals surface area contributed by atoms with E-state index in [9.17, 15) is 0 Å². The molecule has 0 saturated heterocycles. The maximum Gasteiger partial charge on any atom is 0.122 e. The lowest BCUT2D eigenvalue weighted by Crippen LogP contribution is -2.35. The van der Waals surface area contributed by atoms with Crippen LogP contribution in [-0.2, 0) is 6.42 Å². The minimum Gasteiger partial charge on any atom is -0.493 e. The molecule has 112 valence electrons. The minimum absolute atomic E-state index is 0.446. The molecule has 3 nitrogen and oxygen atoms in total. The molecule has 0 spiro atoms. The lowest BCUT2D eigenvalue weighted by molar-refractivity contribution is 0.268. The summed E-state index contributed by atoms with van der Waals surface area (Å²) in [6.45, 7) is 9.66. The summed E-state index contributed by atoms with van der Waals surface area (Å²) in [7, 11) is 2.18. The average Bonchev–Trinajstić information content (AvgIpc) is 2.90. The summed E-state index contributed by atoms with van der Waals surface area (Å²) in [5, 5.41) is 3.68. The molecule has 1 aliphatic heterocycles. The molecule has 3 heteroatoms. The van der Waals surface area contributed by atoms with Crippen LogP contribution in [0.25, 0.3) is 0 Å². The van der Waals surface area contributed by atoms with E-state index in [4.69, 9.17) is 4.74 Å². The average molecular weight is 276 g/mol. The molecule has 2 rings (SSSR count). The Balaban J connectivity index is 1.91. The monoisotopic (exact) mass is 276 g/mol. The van der Waals surface area contributed by atoms with Gasteiger partial charge in [-0.15, -0.1) is 0 Å². The van der Waals surface area contributed by atoms with Crippen molar-refractivity contribution < 1.29 is 4.74 Å². The number of nitrogens with zero attached hydrogens (tertiary/aromatic N) is 1. The van der Waals surface area contributed by atoms with Crippen molar-refractivity contribution in [2.75, 3.05) is 26.7 Å². The van der Waals surface area contributed by atoms with Crippen LogP contribution in [0, 0.1) is 0 Å². The van der Waals surface area contributed by atoms with Crippen LogP contribution in [0.1, 0.15) is 44.4 Å². The number of fused-ring (bicyclic) bond motifs is 1. The second kappa shape index (κ2) is 7.09. The Hall–Kier alpha value is -1.06. The number of likely N-dealkylation sites (N-methyl/N-ethyl adjacent to an activating group) is 1. The predicted octanol–water partition coefficient (Wildman–Crippen LogP) is 3.00. The molecule has 1 aromatic carbocycles. The quantitative estimate of drug-likeness (QED) is 0.828. The Labute approximate surface area is 123 Å². The van der Waals surface area contributed by atoms with Gasteiger partial charge in [-0.2, -0.15) is 0 Å². The highest BCUT2D eigenvalue weighted by molar-refractivity contribution is 5.40. The lowest BCUT2D eigenvalue weighted by atomic mass is 10.0. The van der Waals surface area contributed by atoms with Crippen molar-refractivity contribution in [3.05, 3.63) is 29.3 Å². The van der Waals surface area contributed by atoms with Crippen LogP contribution in [0.15, 0.2) is 18.2 Å². The fourth-order valence-corrected chi connectivity index (χ4v) is 2.59. The molecular weight excluding hydrogens is 248 g/mol. The lowest BCUT2D eigenvalue weighted by Gasteiger charge is -2.24. The van der Waals surface area contributed by atoms with Crippen LogP contribution in [0.3, 0.4) is 0 Å². The second-order valence-corrected chi connectivity index (χ2v) is 5.95. The summed E-state index contributed by atoms with van der Waals surface area (Å²) in [5.74, 6) is 1.07. The van der Waals surface area contributed by atoms with Crippen molar-refractivity contribution in [3.8, 4) is 5.75 Å². The minimum atomic E-state index is 0.446. The van der Waals surface area contributed by atoms with Gasteiger partial charge in [-0.05, 0) is 44.5 Å². The third-order valence-corrected chi connectivity index (χ3v) is 4.26. The molecule has 1 N–H and O–H groups in total. The van der Waals surface area contributed by atoms with E-state index in [0.717, 1.165) is 38.3 Å². The zero-order valence-corrected chi connectivity index (χ0v) is 13.3. The third-order valence-electron chi connectivity index (χ3n) is 4.26. The summed E-state index contributed by atoms with van der Waals surface area (Å²) in [6.07, 6.45) is 2.17. The number of ether oxygens (including phenoxy) is 1. The molecule has 0 amide bonds. The number of rotatable bonds is 7. The first kappa shape index (κ1) is 15.3. The number of hydrogen-bond donors (Lipinski definition) is 1. The molecule has 0 aliphatic carbocycles. The summed E-state index contributed by atoms with van der Waals surface area (Å²) in [6, 6.07) is 7.70. The molecule has 1 aliphatic rings. The van der Waals surface area contributed by atoms with E-state index in [-0.39, 0.29) is 0 Å². The zero-order valence-electron chi connectivity index (χ0n) is 13.3. The standard InChI is InChI=1S/C17H28N2O/c1-5-16(18-9-10-19(4)13(2)3)14-6-7-17-15(12-14)8-11-20-17/h6-7,12-13,16,18H,5,8-11H2,1-4H3. The summed E-state index contributed by atoms with van der Waals surface area (Å²) < 4.78 is 5.58. The fourth-order valence-electron chi connectivity index (χ4n) is 2.59. The molecule has 20 heavy (non-hydrogen) atoms. The van der Waals surface area contributed by atoms with Gasteiger partial charge in [0, 0.05) is 31.6 Å². The molecule has 0 aromatic heterocycles. The number of benzene rings is 1. The van der Waals surface area contributed by atoms with E-state index in [1.54, 1.807) is 0 Å². The topological polar surface area (TPSA) is 24.5 Å². The Kier molecular flexibility index (Phi) is 5.44. The van der Waals surface area contributed by atoms with E-state index < -0.39 is 0 Å². The van der Waals surface area contributed by atoms with Gasteiger partial charge in [0.2, 0.25) is 0 Å². The third kappa shape index (κ3) is 3.74. The molecular formula is C17H28N2O. The van der Waals surface area contributed by atoms with E-state index in [1.165, 1.54) is 11.1 Å². The molecule has 0 fully saturated rings. The maximum atomic E-state index is 5.58. The van der Waals surface area contributed by atoms with Crippen LogP contribution < -0.4 is 10.1 Å². The van der Waals surface area contributed by atoms with Crippen LogP contribution in [-0.4, -0.2) is 37.7 Å². The Morgan fingerprint density at radius 1 is 1.35 bits per heavy atom. The number of nitrogens with one attached hydrogen (secondary N) is 1. The number of hydrogen-bond acceptors (Lipinski definition) is 3. The van der Waals surface area contributed by atoms with Gasteiger partial charge in [-0.3, -0.25) is 0 Å². The van der Waals surface area contributed by atoms with E-state index in [1.807, 2.05) is 0 Å². The second-order valence-electron chi connectivity index (χ2n) is 5.95. The highest BCUT2D eigenvalue weighted by Gasteiger charge is 2.15. The van der Waals surface area contributed by atoms with Gasteiger partial charge in [0.05, 0.1) is 6.61 Å². The van der Waals surface area contributed by atoms with Crippen LogP contribution in [0.5, 0.6) is 5.75 Å². The molecule has 0 saturated carbocycles. The molecule has 1 heterocycles. The van der Waals surface area contributed by atoms with Crippen LogP contribution in [0.2, 0.25) is 0 Å². The van der Waals surface area contributed by atoms with E-state index >= 15 is 0 Å². The fraction of sp³-hybridized carbons (Fsp3) is 0.647. The van der Waals surface area contributed by atoms with Crippen molar-refractivity contribution >= 4 is 0 Å². The van der Waals surface area contributed by atoms with Crippen LogP contribution in [0.4, 0.5) is 0 Å². The van der Waals surface area contributed by atoms with Crippen molar-refractivity contribution in [1.29, 1.82) is 0 Å². The van der Waals surface area contributed by atoms with Crippen molar-refractivity contribution in [1.82, 2.24) is 10.2 Å². The SMILES string of the molecule is CCC(NCCN(C)C(C)C)c1ccc2c(c1)CCO2. The van der Waals surface area contributed by atoms with E-state index in [2.05, 4.69) is 56.2 Å². The molecule has 1 unspecified atom stereocenters. The maximum absolute atomic E-state index is 5.58. The molecule has 1 aromatic rings. The van der Waals surface area contributed by atoms with E-state index in [0.29, 0.717) is 12.1 Å². The largest absolute Gasteiger partial charge is 0.493 e. The normalized spacial score (nSPS) is 15.5. The first-order chi connectivity index (χ1) is 9.61. The zero-order chi connectivity index (χ0) is 14.5. The highest BCUT2D eigenvalue weighted by Crippen LogP contribution is 2.28. The van der Waals surface area contributed by atoms with Crippen molar-refractivity contribution in [2.45, 2.75) is 45.7 Å². The van der Waals surface area contributed by atoms with Crippen molar-refractivity contribution in [2.24, 2.45) is 0 Å². The Bertz CT molecular complexity index is 431. The van der Waals surface area contributed by atoms with Gasteiger partial charge in [-0.25, -0.2) is 0 Å². The predicted molar refractivity (Wildman–Crippen MR) is 84.4 cm³/mol. The summed E-state index contributed by atoms with van der Waals surface area (Å²) >= 11 is 0. The summed E-state index contributed by atoms with van der Waals surface area (Å²) in [4.78, 5) is 2.37. The van der Waals surface area contributed by atoms with Gasteiger partial charge in [0.15, 0.2) is 0 Å². The molecule has 1 atom stereocenters. The first-order valence-corrected chi connectivity index (χ1v) is 7.81. The summed E-state index contributed by atoms with van der Waals surface area (Å²) in [5.41, 5.74) is 2.76.